The van der Waals surface area contributed by atoms with Crippen molar-refractivity contribution in [2.24, 2.45) is 5.92 Å². The first-order chi connectivity index (χ1) is 17.5. The topological polar surface area (TPSA) is 58.6 Å². The highest BCUT2D eigenvalue weighted by atomic mass is 19.1. The van der Waals surface area contributed by atoms with E-state index in [2.05, 4.69) is 5.32 Å². The number of anilines is 2. The first kappa shape index (κ1) is 22.5. The van der Waals surface area contributed by atoms with Crippen molar-refractivity contribution in [3.05, 3.63) is 101 Å². The summed E-state index contributed by atoms with van der Waals surface area (Å²) in [6, 6.07) is 21.0. The van der Waals surface area contributed by atoms with E-state index in [0.717, 1.165) is 35.5 Å². The molecule has 1 heterocycles. The number of rotatable bonds is 4. The lowest BCUT2D eigenvalue weighted by Crippen LogP contribution is -2.39. The number of carbonyl (C=O) groups excluding carboxylic acids is 2. The molecule has 1 aliphatic heterocycles. The third-order valence-electron chi connectivity index (χ3n) is 7.40. The Hall–Kier alpha value is -3.93. The van der Waals surface area contributed by atoms with Crippen LogP contribution in [0.5, 0.6) is 5.75 Å². The summed E-state index contributed by atoms with van der Waals surface area (Å²) in [4.78, 5) is 29.4. The normalized spacial score (nSPS) is 21.3. The van der Waals surface area contributed by atoms with Gasteiger partial charge in [-0.25, -0.2) is 4.39 Å². The number of hydrogen-bond acceptors (Lipinski definition) is 4. The van der Waals surface area contributed by atoms with Gasteiger partial charge in [0.15, 0.2) is 5.78 Å². The van der Waals surface area contributed by atoms with Crippen molar-refractivity contribution in [1.82, 2.24) is 0 Å². The van der Waals surface area contributed by atoms with Gasteiger partial charge in [0.05, 0.1) is 24.5 Å². The fourth-order valence-electron chi connectivity index (χ4n) is 5.46. The van der Waals surface area contributed by atoms with Gasteiger partial charge >= 0.3 is 0 Å². The SMILES string of the molecule is COc1ccc([C@@H]2CC(=O)C3=C(C2)Nc2ccccc2N(C(=O)C2CC2)[C@@H]3c2cccc(F)c2)cc1. The highest BCUT2D eigenvalue weighted by molar-refractivity contribution is 6.07. The predicted octanol–water partition coefficient (Wildman–Crippen LogP) is 6.14. The molecule has 3 aromatic rings. The van der Waals surface area contributed by atoms with E-state index < -0.39 is 11.9 Å². The van der Waals surface area contributed by atoms with Crippen LogP contribution in [0.2, 0.25) is 0 Å². The van der Waals surface area contributed by atoms with Gasteiger partial charge in [0.25, 0.3) is 0 Å². The fourth-order valence-corrected chi connectivity index (χ4v) is 5.46. The molecule has 1 amide bonds. The minimum atomic E-state index is -0.690. The molecule has 0 bridgehead atoms. The Labute approximate surface area is 209 Å². The lowest BCUT2D eigenvalue weighted by Gasteiger charge is -2.35. The first-order valence-electron chi connectivity index (χ1n) is 12.4. The minimum Gasteiger partial charge on any atom is -0.497 e. The van der Waals surface area contributed by atoms with E-state index in [4.69, 9.17) is 4.74 Å². The standard InChI is InChI=1S/C30H27FN2O3/c1-36-23-13-11-18(12-14-23)21-16-25-28(27(34)17-21)29(20-5-4-6-22(31)15-20)33(30(35)19-9-10-19)26-8-3-2-7-24(26)32-25/h2-8,11-15,19,21,29,32H,9-10,16-17H2,1H3/t21-,29+/m0/s1. The maximum absolute atomic E-state index is 14.5. The van der Waals surface area contributed by atoms with Crippen LogP contribution in [0.3, 0.4) is 0 Å². The van der Waals surface area contributed by atoms with Crippen molar-refractivity contribution in [2.45, 2.75) is 37.6 Å². The lowest BCUT2D eigenvalue weighted by molar-refractivity contribution is -0.120. The molecule has 1 N–H and O–H groups in total. The van der Waals surface area contributed by atoms with Crippen LogP contribution < -0.4 is 15.0 Å². The van der Waals surface area contributed by atoms with E-state index in [9.17, 15) is 14.0 Å². The molecule has 0 saturated heterocycles. The van der Waals surface area contributed by atoms with Gasteiger partial charge in [0.1, 0.15) is 11.6 Å². The van der Waals surface area contributed by atoms with Crippen molar-refractivity contribution in [2.75, 3.05) is 17.3 Å². The molecule has 3 aromatic carbocycles. The number of allylic oxidation sites excluding steroid dienone is 1. The Morgan fingerprint density at radius 2 is 1.75 bits per heavy atom. The van der Waals surface area contributed by atoms with Crippen LogP contribution in [0, 0.1) is 11.7 Å². The summed E-state index contributed by atoms with van der Waals surface area (Å²) in [7, 11) is 1.63. The van der Waals surface area contributed by atoms with Gasteiger partial charge in [-0.1, -0.05) is 36.4 Å². The van der Waals surface area contributed by atoms with Crippen LogP contribution in [0.15, 0.2) is 84.1 Å². The number of nitrogens with one attached hydrogen (secondary N) is 1. The second-order valence-electron chi connectivity index (χ2n) is 9.78. The molecule has 1 fully saturated rings. The number of fused-ring (bicyclic) bond motifs is 1. The molecule has 3 aliphatic rings. The maximum Gasteiger partial charge on any atom is 0.231 e. The number of Topliss-reactive ketones (excluding diaryl/α,β-unsaturated/α-hetero) is 1. The number of para-hydroxylation sites is 2. The number of amides is 1. The van der Waals surface area contributed by atoms with E-state index in [0.29, 0.717) is 29.7 Å². The number of hydrogen-bond donors (Lipinski definition) is 1. The summed E-state index contributed by atoms with van der Waals surface area (Å²) in [5, 5.41) is 3.52. The molecular formula is C30H27FN2O3. The van der Waals surface area contributed by atoms with Gasteiger partial charge in [0.2, 0.25) is 5.91 Å². The van der Waals surface area contributed by atoms with Gasteiger partial charge in [-0.05, 0) is 72.7 Å². The molecule has 5 nitrogen and oxygen atoms in total. The zero-order valence-corrected chi connectivity index (χ0v) is 20.0. The fraction of sp³-hybridized carbons (Fsp3) is 0.267. The average molecular weight is 483 g/mol. The number of methoxy groups -OCH3 is 1. The number of nitrogens with zero attached hydrogens (tertiary/aromatic N) is 1. The molecule has 0 spiro atoms. The maximum atomic E-state index is 14.5. The molecule has 36 heavy (non-hydrogen) atoms. The number of ketones is 1. The molecule has 0 aromatic heterocycles. The third-order valence-corrected chi connectivity index (χ3v) is 7.40. The van der Waals surface area contributed by atoms with Crippen LogP contribution in [0.25, 0.3) is 0 Å². The molecule has 2 atom stereocenters. The Morgan fingerprint density at radius 3 is 2.47 bits per heavy atom. The van der Waals surface area contributed by atoms with Crippen LogP contribution in [-0.4, -0.2) is 18.8 Å². The van der Waals surface area contributed by atoms with Crippen molar-refractivity contribution in [3.8, 4) is 5.75 Å². The number of halogens is 1. The summed E-state index contributed by atoms with van der Waals surface area (Å²) in [6.07, 6.45) is 2.60. The molecule has 1 saturated carbocycles. The molecule has 182 valence electrons. The average Bonchev–Trinajstić information content (AvgIpc) is 3.74. The van der Waals surface area contributed by atoms with Gasteiger partial charge in [-0.15, -0.1) is 0 Å². The van der Waals surface area contributed by atoms with E-state index in [-0.39, 0.29) is 23.5 Å². The molecule has 6 rings (SSSR count). The second kappa shape index (κ2) is 8.94. The highest BCUT2D eigenvalue weighted by Gasteiger charge is 2.45. The van der Waals surface area contributed by atoms with Crippen molar-refractivity contribution in [3.63, 3.8) is 0 Å². The Kier molecular flexibility index (Phi) is 5.59. The molecule has 0 unspecified atom stereocenters. The summed E-state index contributed by atoms with van der Waals surface area (Å²) in [5.74, 6) is 0.251. The van der Waals surface area contributed by atoms with Gasteiger partial charge in [-0.2, -0.15) is 0 Å². The molecule has 6 heteroatoms. The van der Waals surface area contributed by atoms with E-state index in [1.54, 1.807) is 18.1 Å². The monoisotopic (exact) mass is 482 g/mol. The van der Waals surface area contributed by atoms with E-state index in [1.807, 2.05) is 54.6 Å². The van der Waals surface area contributed by atoms with Crippen LogP contribution in [-0.2, 0) is 9.59 Å². The molecular weight excluding hydrogens is 455 g/mol. The summed E-state index contributed by atoms with van der Waals surface area (Å²) >= 11 is 0. The Morgan fingerprint density at radius 1 is 0.972 bits per heavy atom. The summed E-state index contributed by atoms with van der Waals surface area (Å²) in [5.41, 5.74) is 4.50. The van der Waals surface area contributed by atoms with Crippen molar-refractivity contribution in [1.29, 1.82) is 0 Å². The molecule has 2 aliphatic carbocycles. The predicted molar refractivity (Wildman–Crippen MR) is 136 cm³/mol. The third kappa shape index (κ3) is 3.96. The summed E-state index contributed by atoms with van der Waals surface area (Å²) in [6.45, 7) is 0. The Bertz CT molecular complexity index is 1380. The van der Waals surface area contributed by atoms with E-state index in [1.165, 1.54) is 12.1 Å². The van der Waals surface area contributed by atoms with Gasteiger partial charge in [-0.3, -0.25) is 14.5 Å². The van der Waals surface area contributed by atoms with Crippen molar-refractivity contribution < 1.29 is 18.7 Å². The lowest BCUT2D eigenvalue weighted by atomic mass is 9.78. The number of carbonyl (C=O) groups is 2. The zero-order valence-electron chi connectivity index (χ0n) is 20.0. The van der Waals surface area contributed by atoms with Crippen molar-refractivity contribution >= 4 is 23.1 Å². The van der Waals surface area contributed by atoms with Crippen LogP contribution in [0.4, 0.5) is 15.8 Å². The van der Waals surface area contributed by atoms with Crippen LogP contribution in [0.1, 0.15) is 48.8 Å². The van der Waals surface area contributed by atoms with Crippen LogP contribution >= 0.6 is 0 Å². The Balaban J connectivity index is 1.51. The minimum absolute atomic E-state index is 0.0133. The number of benzene rings is 3. The zero-order chi connectivity index (χ0) is 24.8. The second-order valence-corrected chi connectivity index (χ2v) is 9.78. The highest BCUT2D eigenvalue weighted by Crippen LogP contribution is 2.49. The smallest absolute Gasteiger partial charge is 0.231 e. The largest absolute Gasteiger partial charge is 0.497 e. The molecule has 0 radical (unpaired) electrons. The summed E-state index contributed by atoms with van der Waals surface area (Å²) < 4.78 is 19.7. The van der Waals surface area contributed by atoms with Gasteiger partial charge < -0.3 is 10.1 Å². The van der Waals surface area contributed by atoms with E-state index >= 15 is 0 Å². The van der Waals surface area contributed by atoms with Gasteiger partial charge in [0, 0.05) is 23.6 Å². The number of ether oxygens (including phenoxy) is 1. The first-order valence-corrected chi connectivity index (χ1v) is 12.4. The quantitative estimate of drug-likeness (QED) is 0.485.